The van der Waals surface area contributed by atoms with Gasteiger partial charge in [0.25, 0.3) is 0 Å². The third kappa shape index (κ3) is 3.51. The van der Waals surface area contributed by atoms with E-state index in [2.05, 4.69) is 15.9 Å². The molecule has 15 heavy (non-hydrogen) atoms. The first kappa shape index (κ1) is 12.0. The Labute approximate surface area is 97.8 Å². The van der Waals surface area contributed by atoms with Gasteiger partial charge < -0.3 is 5.11 Å². The molecule has 0 aliphatic carbocycles. The Morgan fingerprint density at radius 2 is 2.33 bits per heavy atom. The Morgan fingerprint density at radius 1 is 1.60 bits per heavy atom. The topological polar surface area (TPSA) is 37.3 Å². The fraction of sp³-hybridized carbons (Fsp3) is 0.250. The second-order valence-electron chi connectivity index (χ2n) is 3.25. The summed E-state index contributed by atoms with van der Waals surface area (Å²) in [7, 11) is 0. The molecule has 0 spiro atoms. The van der Waals surface area contributed by atoms with E-state index < -0.39 is 11.9 Å². The summed E-state index contributed by atoms with van der Waals surface area (Å²) in [6.07, 6.45) is 4.27. The molecule has 0 aliphatic heterocycles. The Bertz CT molecular complexity index is 372. The average Bonchev–Trinajstić information content (AvgIpc) is 2.18. The van der Waals surface area contributed by atoms with Gasteiger partial charge >= 0.3 is 5.97 Å². The van der Waals surface area contributed by atoms with Gasteiger partial charge in [0, 0.05) is 4.47 Å². The van der Waals surface area contributed by atoms with Gasteiger partial charge in [-0.3, -0.25) is 4.79 Å². The van der Waals surface area contributed by atoms with Crippen molar-refractivity contribution in [2.45, 2.75) is 19.3 Å². The number of benzene rings is 1. The fourth-order valence-electron chi connectivity index (χ4n) is 1.37. The Morgan fingerprint density at radius 3 is 2.87 bits per heavy atom. The van der Waals surface area contributed by atoms with Crippen molar-refractivity contribution >= 4 is 21.9 Å². The largest absolute Gasteiger partial charge is 0.481 e. The molecule has 0 amide bonds. The number of hydrogen-bond acceptors (Lipinski definition) is 1. The zero-order valence-electron chi connectivity index (χ0n) is 8.48. The number of carboxylic acids is 1. The molecule has 80 valence electrons. The summed E-state index contributed by atoms with van der Waals surface area (Å²) in [6, 6.07) is 7.43. The van der Waals surface area contributed by atoms with Crippen LogP contribution >= 0.6 is 15.9 Å². The molecule has 1 N–H and O–H groups in total. The smallest absolute Gasteiger partial charge is 0.311 e. The number of carboxylic acid groups (broad SMARTS) is 1. The summed E-state index contributed by atoms with van der Waals surface area (Å²) >= 11 is 3.34. The summed E-state index contributed by atoms with van der Waals surface area (Å²) in [6.45, 7) is 1.89. The van der Waals surface area contributed by atoms with Crippen LogP contribution in [0.15, 0.2) is 40.9 Å². The predicted octanol–water partition coefficient (Wildman–Crippen LogP) is 3.58. The van der Waals surface area contributed by atoms with Gasteiger partial charge in [-0.25, -0.2) is 0 Å². The van der Waals surface area contributed by atoms with Gasteiger partial charge in [0.1, 0.15) is 0 Å². The molecular weight excluding hydrogens is 256 g/mol. The van der Waals surface area contributed by atoms with Crippen LogP contribution in [-0.4, -0.2) is 11.1 Å². The molecule has 1 unspecified atom stereocenters. The van der Waals surface area contributed by atoms with Crippen LogP contribution in [0.1, 0.15) is 24.8 Å². The Balaban J connectivity index is 2.93. The molecule has 0 heterocycles. The first-order chi connectivity index (χ1) is 7.15. The van der Waals surface area contributed by atoms with Crippen molar-refractivity contribution in [2.75, 3.05) is 0 Å². The minimum Gasteiger partial charge on any atom is -0.481 e. The highest BCUT2D eigenvalue weighted by molar-refractivity contribution is 9.10. The lowest BCUT2D eigenvalue weighted by molar-refractivity contribution is -0.138. The van der Waals surface area contributed by atoms with E-state index in [1.807, 2.05) is 43.3 Å². The normalized spacial score (nSPS) is 12.9. The highest BCUT2D eigenvalue weighted by atomic mass is 79.9. The zero-order valence-corrected chi connectivity index (χ0v) is 10.1. The quantitative estimate of drug-likeness (QED) is 0.848. The summed E-state index contributed by atoms with van der Waals surface area (Å²) in [5.74, 6) is -1.25. The minimum atomic E-state index is -0.786. The van der Waals surface area contributed by atoms with E-state index in [0.717, 1.165) is 10.0 Å². The van der Waals surface area contributed by atoms with E-state index in [0.29, 0.717) is 6.42 Å². The van der Waals surface area contributed by atoms with Crippen LogP contribution in [0.3, 0.4) is 0 Å². The number of hydrogen-bond donors (Lipinski definition) is 1. The number of allylic oxidation sites excluding steroid dienone is 2. The predicted molar refractivity (Wildman–Crippen MR) is 63.9 cm³/mol. The standard InChI is InChI=1S/C12H13BrO2/c1-2-3-7-11(12(14)15)9-5-4-6-10(13)8-9/h2-6,8,11H,7H2,1H3,(H,14,15). The molecule has 1 aromatic carbocycles. The number of rotatable bonds is 4. The van der Waals surface area contributed by atoms with Crippen LogP contribution in [0.25, 0.3) is 0 Å². The molecule has 1 atom stereocenters. The lowest BCUT2D eigenvalue weighted by Gasteiger charge is -2.10. The lowest BCUT2D eigenvalue weighted by Crippen LogP contribution is -2.10. The molecule has 0 saturated heterocycles. The van der Waals surface area contributed by atoms with Crippen molar-refractivity contribution < 1.29 is 9.90 Å². The summed E-state index contributed by atoms with van der Waals surface area (Å²) in [4.78, 5) is 11.1. The van der Waals surface area contributed by atoms with E-state index >= 15 is 0 Å². The molecule has 0 bridgehead atoms. The monoisotopic (exact) mass is 268 g/mol. The molecule has 2 nitrogen and oxygen atoms in total. The molecule has 1 aromatic rings. The van der Waals surface area contributed by atoms with Gasteiger partial charge in [0.05, 0.1) is 5.92 Å². The fourth-order valence-corrected chi connectivity index (χ4v) is 1.79. The second-order valence-corrected chi connectivity index (χ2v) is 4.17. The summed E-state index contributed by atoms with van der Waals surface area (Å²) in [5.41, 5.74) is 0.829. The molecule has 0 aromatic heterocycles. The first-order valence-electron chi connectivity index (χ1n) is 4.74. The highest BCUT2D eigenvalue weighted by Gasteiger charge is 2.17. The van der Waals surface area contributed by atoms with Crippen molar-refractivity contribution in [1.82, 2.24) is 0 Å². The van der Waals surface area contributed by atoms with Crippen LogP contribution in [-0.2, 0) is 4.79 Å². The van der Waals surface area contributed by atoms with Crippen molar-refractivity contribution in [1.29, 1.82) is 0 Å². The third-order valence-corrected chi connectivity index (χ3v) is 2.65. The minimum absolute atomic E-state index is 0.460. The van der Waals surface area contributed by atoms with E-state index in [4.69, 9.17) is 5.11 Å². The van der Waals surface area contributed by atoms with Gasteiger partial charge in [0.2, 0.25) is 0 Å². The maximum atomic E-state index is 11.1. The Kier molecular flexibility index (Phi) is 4.56. The van der Waals surface area contributed by atoms with E-state index in [1.54, 1.807) is 0 Å². The van der Waals surface area contributed by atoms with Crippen molar-refractivity contribution in [3.8, 4) is 0 Å². The maximum Gasteiger partial charge on any atom is 0.311 e. The number of aliphatic carboxylic acids is 1. The average molecular weight is 269 g/mol. The van der Waals surface area contributed by atoms with Gasteiger partial charge in [-0.1, -0.05) is 40.2 Å². The van der Waals surface area contributed by atoms with Crippen LogP contribution in [0, 0.1) is 0 Å². The second kappa shape index (κ2) is 5.71. The number of carbonyl (C=O) groups is 1. The van der Waals surface area contributed by atoms with Crippen molar-refractivity contribution in [3.05, 3.63) is 46.5 Å². The first-order valence-corrected chi connectivity index (χ1v) is 5.54. The Hall–Kier alpha value is -1.09. The molecular formula is C12H13BrO2. The highest BCUT2D eigenvalue weighted by Crippen LogP contribution is 2.23. The molecule has 0 aliphatic rings. The van der Waals surface area contributed by atoms with Crippen molar-refractivity contribution in [2.24, 2.45) is 0 Å². The summed E-state index contributed by atoms with van der Waals surface area (Å²) in [5, 5.41) is 9.10. The van der Waals surface area contributed by atoms with Crippen molar-refractivity contribution in [3.63, 3.8) is 0 Å². The van der Waals surface area contributed by atoms with Gasteiger partial charge in [-0.2, -0.15) is 0 Å². The van der Waals surface area contributed by atoms with Gasteiger partial charge in [0.15, 0.2) is 0 Å². The number of halogens is 1. The maximum absolute atomic E-state index is 11.1. The molecule has 0 saturated carbocycles. The van der Waals surface area contributed by atoms with E-state index in [9.17, 15) is 4.79 Å². The van der Waals surface area contributed by atoms with Crippen LogP contribution in [0.5, 0.6) is 0 Å². The van der Waals surface area contributed by atoms with E-state index in [1.165, 1.54) is 0 Å². The molecule has 1 rings (SSSR count). The van der Waals surface area contributed by atoms with E-state index in [-0.39, 0.29) is 0 Å². The van der Waals surface area contributed by atoms with Crippen LogP contribution in [0.4, 0.5) is 0 Å². The molecule has 0 fully saturated rings. The molecule has 0 radical (unpaired) electrons. The van der Waals surface area contributed by atoms with Crippen LogP contribution < -0.4 is 0 Å². The zero-order chi connectivity index (χ0) is 11.3. The lowest BCUT2D eigenvalue weighted by atomic mass is 9.96. The SMILES string of the molecule is CC=CCC(C(=O)O)c1cccc(Br)c1. The third-order valence-electron chi connectivity index (χ3n) is 2.16. The summed E-state index contributed by atoms with van der Waals surface area (Å²) < 4.78 is 0.909. The van der Waals surface area contributed by atoms with Gasteiger partial charge in [-0.05, 0) is 31.0 Å². The van der Waals surface area contributed by atoms with Gasteiger partial charge in [-0.15, -0.1) is 0 Å². The molecule has 3 heteroatoms. The van der Waals surface area contributed by atoms with Crippen LogP contribution in [0.2, 0.25) is 0 Å².